The van der Waals surface area contributed by atoms with Crippen LogP contribution in [0.4, 0.5) is 11.8 Å². The number of hydrogen-bond acceptors (Lipinski definition) is 9. The Morgan fingerprint density at radius 1 is 1.08 bits per heavy atom. The molecule has 0 radical (unpaired) electrons. The molecule has 0 saturated carbocycles. The fourth-order valence-electron chi connectivity index (χ4n) is 5.40. The van der Waals surface area contributed by atoms with Gasteiger partial charge in [0.15, 0.2) is 0 Å². The molecule has 1 atom stereocenters. The number of aryl methyl sites for hydroxylation is 1. The zero-order valence-electron chi connectivity index (χ0n) is 20.6. The lowest BCUT2D eigenvalue weighted by atomic mass is 10.1. The maximum absolute atomic E-state index is 13.1. The Bertz CT molecular complexity index is 1160. The molecule has 0 aromatic carbocycles. The predicted octanol–water partition coefficient (Wildman–Crippen LogP) is 1.20. The Morgan fingerprint density at radius 3 is 2.61 bits per heavy atom. The quantitative estimate of drug-likeness (QED) is 0.627. The Labute approximate surface area is 213 Å². The van der Waals surface area contributed by atoms with Crippen LogP contribution in [-0.2, 0) is 39.8 Å². The molecule has 4 aliphatic heterocycles. The number of rotatable bonds is 5. The summed E-state index contributed by atoms with van der Waals surface area (Å²) in [6, 6.07) is 0.443. The van der Waals surface area contributed by atoms with Gasteiger partial charge in [0.25, 0.3) is 5.91 Å². The van der Waals surface area contributed by atoms with E-state index < -0.39 is 10.8 Å². The summed E-state index contributed by atoms with van der Waals surface area (Å²) in [4.78, 5) is 32.2. The number of carbonyl (C=O) groups is 1. The highest BCUT2D eigenvalue weighted by Gasteiger charge is 2.31. The summed E-state index contributed by atoms with van der Waals surface area (Å²) in [6.45, 7) is 4.76. The first-order valence-electron chi connectivity index (χ1n) is 12.9. The van der Waals surface area contributed by atoms with Crippen molar-refractivity contribution >= 4 is 28.5 Å². The van der Waals surface area contributed by atoms with E-state index in [0.29, 0.717) is 62.5 Å². The highest BCUT2D eigenvalue weighted by Crippen LogP contribution is 2.32. The second kappa shape index (κ2) is 10.1. The first-order chi connectivity index (χ1) is 17.6. The van der Waals surface area contributed by atoms with E-state index in [2.05, 4.69) is 14.8 Å². The number of hydrogen-bond donors (Lipinski definition) is 1. The van der Waals surface area contributed by atoms with Gasteiger partial charge in [-0.2, -0.15) is 4.98 Å². The van der Waals surface area contributed by atoms with Crippen LogP contribution in [0.15, 0.2) is 11.1 Å². The van der Waals surface area contributed by atoms with Gasteiger partial charge in [-0.1, -0.05) is 0 Å². The fraction of sp³-hybridized carbons (Fsp3) is 0.667. The van der Waals surface area contributed by atoms with Crippen molar-refractivity contribution in [3.8, 4) is 0 Å². The molecule has 12 heteroatoms. The monoisotopic (exact) mass is 515 g/mol. The second-order valence-corrected chi connectivity index (χ2v) is 11.4. The van der Waals surface area contributed by atoms with Gasteiger partial charge in [0, 0.05) is 77.0 Å². The van der Waals surface area contributed by atoms with Crippen LogP contribution >= 0.6 is 0 Å². The molecule has 6 heterocycles. The molecule has 194 valence electrons. The van der Waals surface area contributed by atoms with Crippen LogP contribution < -0.4 is 10.2 Å². The van der Waals surface area contributed by atoms with Crippen molar-refractivity contribution < 1.29 is 18.5 Å². The molecule has 1 unspecified atom stereocenters. The predicted molar refractivity (Wildman–Crippen MR) is 134 cm³/mol. The minimum atomic E-state index is -1.08. The summed E-state index contributed by atoms with van der Waals surface area (Å²) in [7, 11) is 0.784. The van der Waals surface area contributed by atoms with Crippen LogP contribution in [0.25, 0.3) is 0 Å². The normalized spacial score (nSPS) is 22.8. The van der Waals surface area contributed by atoms with E-state index in [1.807, 2.05) is 18.1 Å². The highest BCUT2D eigenvalue weighted by atomic mass is 32.2. The van der Waals surface area contributed by atoms with Crippen molar-refractivity contribution in [3.63, 3.8) is 0 Å². The maximum Gasteiger partial charge on any atom is 0.274 e. The number of fused-ring (bicyclic) bond motifs is 2. The number of ether oxygens (including phenoxy) is 2. The number of carbonyl (C=O) groups excluding carboxylic acids is 1. The minimum Gasteiger partial charge on any atom is -0.381 e. The van der Waals surface area contributed by atoms with Crippen molar-refractivity contribution in [2.24, 2.45) is 0 Å². The summed E-state index contributed by atoms with van der Waals surface area (Å²) in [5.41, 5.74) is 1.35. The average molecular weight is 516 g/mol. The van der Waals surface area contributed by atoms with E-state index in [9.17, 15) is 9.00 Å². The molecule has 1 N–H and O–H groups in total. The van der Waals surface area contributed by atoms with Crippen molar-refractivity contribution in [2.45, 2.75) is 62.2 Å². The first-order valence-corrected chi connectivity index (χ1v) is 14.2. The summed E-state index contributed by atoms with van der Waals surface area (Å²) < 4.78 is 25.7. The zero-order chi connectivity index (χ0) is 24.6. The number of nitrogens with zero attached hydrogens (tertiary/aromatic N) is 6. The van der Waals surface area contributed by atoms with Gasteiger partial charge in [-0.25, -0.2) is 9.97 Å². The average Bonchev–Trinajstić information content (AvgIpc) is 3.52. The standard InChI is InChI=1S/C24H33N7O4S/c1-29(17-4-11-35-12-5-17)23(32)19-14-30-7-8-31(15-20(30)26-19)24-27-18-6-13-36(33)21(18)22(28-24)25-16-2-9-34-10-3-16/h14,16-17H,2-13,15H2,1H3,(H,25,27,28). The van der Waals surface area contributed by atoms with Gasteiger partial charge in [0.2, 0.25) is 5.95 Å². The lowest BCUT2D eigenvalue weighted by Gasteiger charge is -2.30. The smallest absolute Gasteiger partial charge is 0.274 e. The van der Waals surface area contributed by atoms with Crippen LogP contribution in [-0.4, -0.2) is 92.4 Å². The molecule has 2 aromatic heterocycles. The topological polar surface area (TPSA) is 115 Å². The van der Waals surface area contributed by atoms with Gasteiger partial charge in [-0.15, -0.1) is 0 Å². The number of anilines is 2. The van der Waals surface area contributed by atoms with Crippen LogP contribution in [0.5, 0.6) is 0 Å². The molecular formula is C24H33N7O4S. The lowest BCUT2D eigenvalue weighted by Crippen LogP contribution is -2.40. The van der Waals surface area contributed by atoms with Gasteiger partial charge < -0.3 is 29.2 Å². The molecular weight excluding hydrogens is 482 g/mol. The van der Waals surface area contributed by atoms with Crippen molar-refractivity contribution in [2.75, 3.05) is 56.0 Å². The van der Waals surface area contributed by atoms with Gasteiger partial charge in [-0.05, 0) is 25.7 Å². The zero-order valence-corrected chi connectivity index (χ0v) is 21.5. The van der Waals surface area contributed by atoms with Crippen molar-refractivity contribution in [1.82, 2.24) is 24.4 Å². The number of amides is 1. The Morgan fingerprint density at radius 2 is 1.83 bits per heavy atom. The summed E-state index contributed by atoms with van der Waals surface area (Å²) >= 11 is 0. The molecule has 36 heavy (non-hydrogen) atoms. The summed E-state index contributed by atoms with van der Waals surface area (Å²) in [6.07, 6.45) is 6.08. The van der Waals surface area contributed by atoms with Crippen molar-refractivity contribution in [1.29, 1.82) is 0 Å². The third kappa shape index (κ3) is 4.61. The number of nitrogens with one attached hydrogen (secondary N) is 1. The maximum atomic E-state index is 13.1. The molecule has 6 rings (SSSR count). The molecule has 2 fully saturated rings. The number of aromatic nitrogens is 4. The van der Waals surface area contributed by atoms with E-state index in [-0.39, 0.29) is 18.0 Å². The SMILES string of the molecule is CN(C(=O)c1cn2c(n1)CN(c1nc3c(c(NC4CCOCC4)n1)S(=O)CC3)CC2)C1CCOCC1. The Kier molecular flexibility index (Phi) is 6.65. The first kappa shape index (κ1) is 23.8. The van der Waals surface area contributed by atoms with Gasteiger partial charge in [-0.3, -0.25) is 9.00 Å². The van der Waals surface area contributed by atoms with E-state index in [1.54, 1.807) is 0 Å². The molecule has 11 nitrogen and oxygen atoms in total. The van der Waals surface area contributed by atoms with E-state index in [0.717, 1.165) is 55.3 Å². The van der Waals surface area contributed by atoms with E-state index in [4.69, 9.17) is 24.4 Å². The highest BCUT2D eigenvalue weighted by molar-refractivity contribution is 7.85. The minimum absolute atomic E-state index is 0.0467. The molecule has 2 saturated heterocycles. The third-order valence-corrected chi connectivity index (χ3v) is 9.06. The van der Waals surface area contributed by atoms with Crippen LogP contribution in [0.3, 0.4) is 0 Å². The fourth-order valence-corrected chi connectivity index (χ4v) is 6.72. The summed E-state index contributed by atoms with van der Waals surface area (Å²) in [5.74, 6) is 2.70. The van der Waals surface area contributed by atoms with Crippen LogP contribution in [0, 0.1) is 0 Å². The van der Waals surface area contributed by atoms with E-state index >= 15 is 0 Å². The van der Waals surface area contributed by atoms with E-state index in [1.165, 1.54) is 0 Å². The molecule has 2 aromatic rings. The Hall–Kier alpha value is -2.57. The third-order valence-electron chi connectivity index (χ3n) is 7.60. The molecule has 1 amide bonds. The van der Waals surface area contributed by atoms with Gasteiger partial charge >= 0.3 is 0 Å². The second-order valence-electron chi connectivity index (χ2n) is 9.90. The summed E-state index contributed by atoms with van der Waals surface area (Å²) in [5, 5.41) is 3.54. The lowest BCUT2D eigenvalue weighted by molar-refractivity contribution is 0.0359. The molecule has 0 bridgehead atoms. The van der Waals surface area contributed by atoms with Crippen molar-refractivity contribution in [3.05, 3.63) is 23.4 Å². The Balaban J connectivity index is 1.21. The molecule has 0 spiro atoms. The molecule has 0 aliphatic carbocycles. The largest absolute Gasteiger partial charge is 0.381 e. The van der Waals surface area contributed by atoms with Crippen LogP contribution in [0.1, 0.15) is 47.7 Å². The van der Waals surface area contributed by atoms with Gasteiger partial charge in [0.05, 0.1) is 23.0 Å². The van der Waals surface area contributed by atoms with Gasteiger partial charge in [0.1, 0.15) is 22.2 Å². The number of imidazole rings is 1. The van der Waals surface area contributed by atoms with Crippen LogP contribution in [0.2, 0.25) is 0 Å². The molecule has 4 aliphatic rings.